The van der Waals surface area contributed by atoms with Crippen molar-refractivity contribution < 1.29 is 9.53 Å². The second-order valence-electron chi connectivity index (χ2n) is 9.26. The highest BCUT2D eigenvalue weighted by Gasteiger charge is 2.24. The molecule has 1 aliphatic heterocycles. The van der Waals surface area contributed by atoms with E-state index in [9.17, 15) is 4.79 Å². The molecule has 1 fully saturated rings. The lowest BCUT2D eigenvalue weighted by Crippen LogP contribution is -2.49. The number of fused-ring (bicyclic) bond motifs is 1. The number of pyridine rings is 1. The van der Waals surface area contributed by atoms with Crippen LogP contribution in [0.2, 0.25) is 0 Å². The number of methoxy groups -OCH3 is 1. The molecule has 0 spiro atoms. The summed E-state index contributed by atoms with van der Waals surface area (Å²) in [4.78, 5) is 22.1. The van der Waals surface area contributed by atoms with Crippen LogP contribution in [0.15, 0.2) is 48.5 Å². The van der Waals surface area contributed by atoms with Crippen molar-refractivity contribution in [2.45, 2.75) is 33.1 Å². The van der Waals surface area contributed by atoms with Crippen molar-refractivity contribution in [3.8, 4) is 5.75 Å². The molecule has 0 aliphatic carbocycles. The van der Waals surface area contributed by atoms with E-state index in [1.54, 1.807) is 7.11 Å². The molecule has 0 unspecified atom stereocenters. The van der Waals surface area contributed by atoms with E-state index in [2.05, 4.69) is 56.9 Å². The number of aromatic nitrogens is 1. The van der Waals surface area contributed by atoms with Gasteiger partial charge in [0.2, 0.25) is 0 Å². The molecule has 5 nitrogen and oxygen atoms in total. The van der Waals surface area contributed by atoms with Crippen molar-refractivity contribution in [2.75, 3.05) is 38.2 Å². The highest BCUT2D eigenvalue weighted by molar-refractivity contribution is 5.94. The van der Waals surface area contributed by atoms with Crippen LogP contribution in [0.1, 0.15) is 42.3 Å². The number of rotatable bonds is 3. The Kier molecular flexibility index (Phi) is 5.61. The van der Waals surface area contributed by atoms with Crippen LogP contribution >= 0.6 is 0 Å². The van der Waals surface area contributed by atoms with Crippen molar-refractivity contribution >= 4 is 22.6 Å². The molecule has 1 aliphatic rings. The standard InChI is InChI=1S/C26H31N3O2/c1-18-17-23(27-24-21(18)7-6-8-22(24)31-5)28-13-15-29(16-14-28)25(30)19-9-11-20(12-10-19)26(2,3)4/h6-12,17H,13-16H2,1-5H3. The third kappa shape index (κ3) is 4.22. The van der Waals surface area contributed by atoms with Crippen molar-refractivity contribution in [3.05, 3.63) is 65.2 Å². The second-order valence-corrected chi connectivity index (χ2v) is 9.26. The molecule has 3 aromatic rings. The Balaban J connectivity index is 1.48. The van der Waals surface area contributed by atoms with Gasteiger partial charge in [-0.05, 0) is 47.7 Å². The molecule has 0 radical (unpaired) electrons. The lowest BCUT2D eigenvalue weighted by Gasteiger charge is -2.35. The Labute approximate surface area is 184 Å². The van der Waals surface area contributed by atoms with E-state index in [-0.39, 0.29) is 11.3 Å². The van der Waals surface area contributed by atoms with E-state index in [1.807, 2.05) is 29.2 Å². The van der Waals surface area contributed by atoms with E-state index >= 15 is 0 Å². The number of benzene rings is 2. The van der Waals surface area contributed by atoms with E-state index in [0.717, 1.165) is 41.1 Å². The Morgan fingerprint density at radius 1 is 1.00 bits per heavy atom. The molecule has 0 saturated carbocycles. The predicted molar refractivity (Wildman–Crippen MR) is 126 cm³/mol. The van der Waals surface area contributed by atoms with Crippen LogP contribution in [0.25, 0.3) is 10.9 Å². The molecule has 162 valence electrons. The maximum Gasteiger partial charge on any atom is 0.253 e. The maximum atomic E-state index is 13.0. The van der Waals surface area contributed by atoms with Crippen LogP contribution < -0.4 is 9.64 Å². The smallest absolute Gasteiger partial charge is 0.253 e. The summed E-state index contributed by atoms with van der Waals surface area (Å²) >= 11 is 0. The second kappa shape index (κ2) is 8.22. The monoisotopic (exact) mass is 417 g/mol. The lowest BCUT2D eigenvalue weighted by molar-refractivity contribution is 0.0746. The minimum Gasteiger partial charge on any atom is -0.494 e. The molecule has 2 heterocycles. The van der Waals surface area contributed by atoms with Crippen molar-refractivity contribution in [1.82, 2.24) is 9.88 Å². The van der Waals surface area contributed by atoms with E-state index in [0.29, 0.717) is 13.1 Å². The minimum atomic E-state index is 0.0842. The highest BCUT2D eigenvalue weighted by atomic mass is 16.5. The Morgan fingerprint density at radius 2 is 1.68 bits per heavy atom. The molecule has 2 aromatic carbocycles. The SMILES string of the molecule is COc1cccc2c(C)cc(N3CCN(C(=O)c4ccc(C(C)(C)C)cc4)CC3)nc12. The summed E-state index contributed by atoms with van der Waals surface area (Å²) in [6.45, 7) is 11.5. The van der Waals surface area contributed by atoms with Gasteiger partial charge in [-0.15, -0.1) is 0 Å². The molecular formula is C26H31N3O2. The van der Waals surface area contributed by atoms with E-state index in [1.165, 1.54) is 11.1 Å². The maximum absolute atomic E-state index is 13.0. The zero-order chi connectivity index (χ0) is 22.2. The first-order valence-electron chi connectivity index (χ1n) is 10.9. The first-order chi connectivity index (χ1) is 14.8. The Hall–Kier alpha value is -3.08. The van der Waals surface area contributed by atoms with Gasteiger partial charge >= 0.3 is 0 Å². The number of piperazine rings is 1. The largest absolute Gasteiger partial charge is 0.494 e. The molecule has 5 heteroatoms. The van der Waals surface area contributed by atoms with Gasteiger partial charge in [-0.3, -0.25) is 4.79 Å². The van der Waals surface area contributed by atoms with Crippen molar-refractivity contribution in [3.63, 3.8) is 0 Å². The van der Waals surface area contributed by atoms with Gasteiger partial charge in [0.25, 0.3) is 5.91 Å². The number of ether oxygens (including phenoxy) is 1. The summed E-state index contributed by atoms with van der Waals surface area (Å²) in [6.07, 6.45) is 0. The molecular weight excluding hydrogens is 386 g/mol. The van der Waals surface area contributed by atoms with Crippen molar-refractivity contribution in [2.24, 2.45) is 0 Å². The molecule has 1 saturated heterocycles. The number of hydrogen-bond acceptors (Lipinski definition) is 4. The third-order valence-corrected chi connectivity index (χ3v) is 6.10. The van der Waals surface area contributed by atoms with E-state index < -0.39 is 0 Å². The van der Waals surface area contributed by atoms with Crippen LogP contribution in [-0.2, 0) is 5.41 Å². The van der Waals surface area contributed by atoms with Gasteiger partial charge in [-0.2, -0.15) is 0 Å². The topological polar surface area (TPSA) is 45.7 Å². The lowest BCUT2D eigenvalue weighted by atomic mass is 9.86. The third-order valence-electron chi connectivity index (χ3n) is 6.10. The Bertz CT molecular complexity index is 1090. The Morgan fingerprint density at radius 3 is 2.29 bits per heavy atom. The van der Waals surface area contributed by atoms with Gasteiger partial charge in [0.15, 0.2) is 0 Å². The molecule has 0 atom stereocenters. The van der Waals surface area contributed by atoms with Gasteiger partial charge in [-0.1, -0.05) is 45.0 Å². The summed E-state index contributed by atoms with van der Waals surface area (Å²) < 4.78 is 5.52. The summed E-state index contributed by atoms with van der Waals surface area (Å²) in [5, 5.41) is 1.11. The number of para-hydroxylation sites is 1. The number of amides is 1. The number of carbonyl (C=O) groups is 1. The molecule has 31 heavy (non-hydrogen) atoms. The van der Waals surface area contributed by atoms with Crippen LogP contribution in [0.5, 0.6) is 5.75 Å². The van der Waals surface area contributed by atoms with Gasteiger partial charge in [0, 0.05) is 37.1 Å². The van der Waals surface area contributed by atoms with Crippen molar-refractivity contribution in [1.29, 1.82) is 0 Å². The molecule has 1 amide bonds. The van der Waals surface area contributed by atoms with Crippen LogP contribution in [0, 0.1) is 6.92 Å². The fourth-order valence-electron chi connectivity index (χ4n) is 4.13. The zero-order valence-corrected chi connectivity index (χ0v) is 19.1. The number of anilines is 1. The predicted octanol–water partition coefficient (Wildman–Crippen LogP) is 4.81. The summed E-state index contributed by atoms with van der Waals surface area (Å²) in [6, 6.07) is 16.2. The normalized spacial score (nSPS) is 14.7. The summed E-state index contributed by atoms with van der Waals surface area (Å²) in [7, 11) is 1.68. The number of carbonyl (C=O) groups excluding carboxylic acids is 1. The van der Waals surface area contributed by atoms with Crippen LogP contribution in [-0.4, -0.2) is 49.1 Å². The quantitative estimate of drug-likeness (QED) is 0.613. The molecule has 4 rings (SSSR count). The molecule has 1 aromatic heterocycles. The zero-order valence-electron chi connectivity index (χ0n) is 19.1. The first-order valence-corrected chi connectivity index (χ1v) is 10.9. The van der Waals surface area contributed by atoms with Gasteiger partial charge < -0.3 is 14.5 Å². The van der Waals surface area contributed by atoms with Gasteiger partial charge in [0.05, 0.1) is 7.11 Å². The number of aryl methyl sites for hydroxylation is 1. The summed E-state index contributed by atoms with van der Waals surface area (Å²) in [5.74, 6) is 1.83. The molecule has 0 bridgehead atoms. The van der Waals surface area contributed by atoms with Crippen LogP contribution in [0.3, 0.4) is 0 Å². The minimum absolute atomic E-state index is 0.0842. The molecule has 0 N–H and O–H groups in total. The van der Waals surface area contributed by atoms with Crippen LogP contribution in [0.4, 0.5) is 5.82 Å². The van der Waals surface area contributed by atoms with Gasteiger partial charge in [-0.25, -0.2) is 4.98 Å². The average Bonchev–Trinajstić information content (AvgIpc) is 2.78. The highest BCUT2D eigenvalue weighted by Crippen LogP contribution is 2.29. The van der Waals surface area contributed by atoms with E-state index in [4.69, 9.17) is 9.72 Å². The number of hydrogen-bond donors (Lipinski definition) is 0. The fraction of sp³-hybridized carbons (Fsp3) is 0.385. The number of nitrogens with zero attached hydrogens (tertiary/aromatic N) is 3. The fourth-order valence-corrected chi connectivity index (χ4v) is 4.13. The van der Waals surface area contributed by atoms with Gasteiger partial charge in [0.1, 0.15) is 17.1 Å². The first kappa shape index (κ1) is 21.2. The average molecular weight is 418 g/mol. The summed E-state index contributed by atoms with van der Waals surface area (Å²) in [5.41, 5.74) is 4.14.